The van der Waals surface area contributed by atoms with Gasteiger partial charge in [0.15, 0.2) is 0 Å². The second kappa shape index (κ2) is 8.43. The molecule has 1 amide bonds. The standard InChI is InChI=1S/C21H27N3O2/c1-3-20(25)15(2)22-21(26)19-13-16(14-24-11-7-4-8-12-24)17-9-5-6-10-18(17)23-19/h4-7,9-10,13,15,20,25H,3,8,11-12,14H2,1-2H3,(H,22,26)/t15-,20-/m0/s1. The quantitative estimate of drug-likeness (QED) is 0.784. The minimum Gasteiger partial charge on any atom is -0.391 e. The SMILES string of the molecule is CC[C@H](O)[C@H](C)NC(=O)c1cc(CN2CC=CCC2)c2ccccc2n1. The van der Waals surface area contributed by atoms with Gasteiger partial charge in [-0.3, -0.25) is 9.69 Å². The predicted molar refractivity (Wildman–Crippen MR) is 104 cm³/mol. The van der Waals surface area contributed by atoms with Crippen molar-refractivity contribution in [1.82, 2.24) is 15.2 Å². The topological polar surface area (TPSA) is 65.5 Å². The lowest BCUT2D eigenvalue weighted by Gasteiger charge is -2.24. The molecule has 2 aromatic rings. The molecule has 1 aromatic carbocycles. The molecule has 1 aliphatic rings. The molecule has 0 bridgehead atoms. The number of aliphatic hydroxyl groups is 1. The van der Waals surface area contributed by atoms with Crippen LogP contribution in [-0.2, 0) is 6.54 Å². The average molecular weight is 353 g/mol. The van der Waals surface area contributed by atoms with Gasteiger partial charge in [0.05, 0.1) is 17.7 Å². The first kappa shape index (κ1) is 18.5. The van der Waals surface area contributed by atoms with Crippen molar-refractivity contribution in [3.8, 4) is 0 Å². The molecule has 2 heterocycles. The Morgan fingerprint density at radius 1 is 1.35 bits per heavy atom. The van der Waals surface area contributed by atoms with E-state index in [-0.39, 0.29) is 11.9 Å². The minimum absolute atomic E-state index is 0.240. The Bertz CT molecular complexity index is 803. The summed E-state index contributed by atoms with van der Waals surface area (Å²) >= 11 is 0. The molecule has 0 aliphatic carbocycles. The molecule has 1 aliphatic heterocycles. The van der Waals surface area contributed by atoms with Gasteiger partial charge in [-0.05, 0) is 37.5 Å². The minimum atomic E-state index is -0.556. The third-order valence-corrected chi connectivity index (χ3v) is 4.92. The first-order valence-corrected chi connectivity index (χ1v) is 9.33. The summed E-state index contributed by atoms with van der Waals surface area (Å²) in [6.45, 7) is 6.45. The second-order valence-electron chi connectivity index (χ2n) is 6.92. The van der Waals surface area contributed by atoms with Crippen LogP contribution in [0.15, 0.2) is 42.5 Å². The number of benzene rings is 1. The first-order chi connectivity index (χ1) is 12.6. The van der Waals surface area contributed by atoms with Gasteiger partial charge in [0.25, 0.3) is 5.91 Å². The third kappa shape index (κ3) is 4.29. The number of rotatable bonds is 6. The summed E-state index contributed by atoms with van der Waals surface area (Å²) in [6.07, 6.45) is 5.50. The Morgan fingerprint density at radius 2 is 2.15 bits per heavy atom. The molecule has 0 fully saturated rings. The maximum Gasteiger partial charge on any atom is 0.270 e. The Balaban J connectivity index is 1.88. The number of carbonyl (C=O) groups is 1. The molecule has 5 heteroatoms. The van der Waals surface area contributed by atoms with Crippen LogP contribution < -0.4 is 5.32 Å². The summed E-state index contributed by atoms with van der Waals surface area (Å²) in [5.41, 5.74) is 2.34. The first-order valence-electron chi connectivity index (χ1n) is 9.33. The van der Waals surface area contributed by atoms with E-state index in [9.17, 15) is 9.90 Å². The normalized spacial score (nSPS) is 17.2. The van der Waals surface area contributed by atoms with Crippen molar-refractivity contribution in [3.63, 3.8) is 0 Å². The summed E-state index contributed by atoms with van der Waals surface area (Å²) in [4.78, 5) is 19.6. The van der Waals surface area contributed by atoms with E-state index in [4.69, 9.17) is 0 Å². The van der Waals surface area contributed by atoms with Crippen LogP contribution in [0.5, 0.6) is 0 Å². The molecule has 26 heavy (non-hydrogen) atoms. The van der Waals surface area contributed by atoms with E-state index in [1.54, 1.807) is 0 Å². The van der Waals surface area contributed by atoms with E-state index in [2.05, 4.69) is 33.4 Å². The molecular formula is C21H27N3O2. The molecule has 1 aromatic heterocycles. The Morgan fingerprint density at radius 3 is 2.88 bits per heavy atom. The van der Waals surface area contributed by atoms with Gasteiger partial charge in [0.2, 0.25) is 0 Å². The highest BCUT2D eigenvalue weighted by atomic mass is 16.3. The molecule has 0 radical (unpaired) electrons. The van der Waals surface area contributed by atoms with Gasteiger partial charge in [-0.2, -0.15) is 0 Å². The van der Waals surface area contributed by atoms with Gasteiger partial charge in [-0.1, -0.05) is 37.3 Å². The number of nitrogens with one attached hydrogen (secondary N) is 1. The van der Waals surface area contributed by atoms with Crippen LogP contribution in [0.2, 0.25) is 0 Å². The smallest absolute Gasteiger partial charge is 0.270 e. The van der Waals surface area contributed by atoms with Gasteiger partial charge in [-0.25, -0.2) is 4.98 Å². The number of nitrogens with zero attached hydrogens (tertiary/aromatic N) is 2. The molecular weight excluding hydrogens is 326 g/mol. The summed E-state index contributed by atoms with van der Waals surface area (Å²) in [6, 6.07) is 9.52. The van der Waals surface area contributed by atoms with Crippen molar-refractivity contribution in [3.05, 3.63) is 53.7 Å². The summed E-state index contributed by atoms with van der Waals surface area (Å²) < 4.78 is 0. The zero-order valence-electron chi connectivity index (χ0n) is 15.5. The highest BCUT2D eigenvalue weighted by molar-refractivity contribution is 5.96. The van der Waals surface area contributed by atoms with E-state index in [0.29, 0.717) is 12.1 Å². The third-order valence-electron chi connectivity index (χ3n) is 4.92. The fourth-order valence-electron chi connectivity index (χ4n) is 3.30. The fourth-order valence-corrected chi connectivity index (χ4v) is 3.30. The molecule has 5 nitrogen and oxygen atoms in total. The van der Waals surface area contributed by atoms with E-state index >= 15 is 0 Å². The van der Waals surface area contributed by atoms with Crippen LogP contribution in [0.1, 0.15) is 42.7 Å². The largest absolute Gasteiger partial charge is 0.391 e. The predicted octanol–water partition coefficient (Wildman–Crippen LogP) is 2.89. The Hall–Kier alpha value is -2.24. The van der Waals surface area contributed by atoms with Crippen LogP contribution in [0.3, 0.4) is 0 Å². The molecule has 0 unspecified atom stereocenters. The van der Waals surface area contributed by atoms with Gasteiger partial charge in [-0.15, -0.1) is 0 Å². The van der Waals surface area contributed by atoms with Crippen molar-refractivity contribution >= 4 is 16.8 Å². The second-order valence-corrected chi connectivity index (χ2v) is 6.92. The van der Waals surface area contributed by atoms with Crippen molar-refractivity contribution in [2.24, 2.45) is 0 Å². The summed E-state index contributed by atoms with van der Waals surface area (Å²) in [5.74, 6) is -0.240. The lowest BCUT2D eigenvalue weighted by atomic mass is 10.1. The molecule has 2 atom stereocenters. The Kier molecular flexibility index (Phi) is 6.01. The number of hydrogen-bond donors (Lipinski definition) is 2. The zero-order chi connectivity index (χ0) is 18.5. The lowest BCUT2D eigenvalue weighted by molar-refractivity contribution is 0.0841. The number of carbonyl (C=O) groups excluding carboxylic acids is 1. The van der Waals surface area contributed by atoms with Crippen LogP contribution in [0, 0.1) is 0 Å². The molecule has 0 saturated heterocycles. The average Bonchev–Trinajstić information content (AvgIpc) is 2.67. The van der Waals surface area contributed by atoms with E-state index in [1.165, 1.54) is 0 Å². The summed E-state index contributed by atoms with van der Waals surface area (Å²) in [5, 5.41) is 13.9. The van der Waals surface area contributed by atoms with E-state index in [1.807, 2.05) is 38.1 Å². The molecule has 0 saturated carbocycles. The van der Waals surface area contributed by atoms with Gasteiger partial charge >= 0.3 is 0 Å². The zero-order valence-corrected chi connectivity index (χ0v) is 15.5. The molecule has 0 spiro atoms. The van der Waals surface area contributed by atoms with Crippen LogP contribution in [0.4, 0.5) is 0 Å². The molecule has 3 rings (SSSR count). The monoisotopic (exact) mass is 353 g/mol. The maximum absolute atomic E-state index is 12.7. The number of hydrogen-bond acceptors (Lipinski definition) is 4. The van der Waals surface area contributed by atoms with Crippen LogP contribution in [0.25, 0.3) is 10.9 Å². The summed E-state index contributed by atoms with van der Waals surface area (Å²) in [7, 11) is 0. The van der Waals surface area contributed by atoms with E-state index < -0.39 is 6.10 Å². The van der Waals surface area contributed by atoms with Crippen molar-refractivity contribution in [1.29, 1.82) is 0 Å². The van der Waals surface area contributed by atoms with Gasteiger partial charge in [0, 0.05) is 25.0 Å². The lowest BCUT2D eigenvalue weighted by Crippen LogP contribution is -2.41. The fraction of sp³-hybridized carbons (Fsp3) is 0.429. The van der Waals surface area contributed by atoms with Crippen LogP contribution in [-0.4, -0.2) is 46.1 Å². The molecule has 2 N–H and O–H groups in total. The van der Waals surface area contributed by atoms with Crippen LogP contribution >= 0.6 is 0 Å². The number of para-hydroxylation sites is 1. The Labute approximate surface area is 154 Å². The van der Waals surface area contributed by atoms with Crippen molar-refractivity contribution < 1.29 is 9.90 Å². The highest BCUT2D eigenvalue weighted by Crippen LogP contribution is 2.21. The number of fused-ring (bicyclic) bond motifs is 1. The van der Waals surface area contributed by atoms with E-state index in [0.717, 1.165) is 42.5 Å². The highest BCUT2D eigenvalue weighted by Gasteiger charge is 2.19. The van der Waals surface area contributed by atoms with Gasteiger partial charge < -0.3 is 10.4 Å². The molecule has 138 valence electrons. The van der Waals surface area contributed by atoms with Crippen molar-refractivity contribution in [2.45, 2.75) is 45.4 Å². The van der Waals surface area contributed by atoms with Crippen molar-refractivity contribution in [2.75, 3.05) is 13.1 Å². The van der Waals surface area contributed by atoms with Gasteiger partial charge in [0.1, 0.15) is 5.69 Å². The maximum atomic E-state index is 12.7. The number of amides is 1. The number of pyridine rings is 1. The number of aromatic nitrogens is 1. The number of aliphatic hydroxyl groups excluding tert-OH is 1.